The molecule has 4 rings (SSSR count). The molecule has 0 spiro atoms. The standard InChI is InChI=1S/C54H86N12O23S2/c67-47(41-3-7-43(8-4-41)86-19-15-59-51-55-11-1-12-56-51)63-39-45(49(69)70)65-90(75,76)37-17-61-53(73)88-35-33-84-31-29-82-27-25-80-23-21-79-22-24-81-26-28-83-30-32-85-34-36-89-54(74)62-18-38-91(77,78)66-46(50(71)72)40-64-48(68)42-5-9-44(10-6-42)87-20-16-60-52-57-13-2-14-58-52/h3-10,45-46,65-66H,1-2,11-40H2,(H,61,73)(H,62,74)(H,63,67)(H,64,68)(H,69,70)(H,71,72)(H2,55,56,59)(H2,57,58,60)/t45-,46+. The van der Waals surface area contributed by atoms with Gasteiger partial charge in [0.05, 0.1) is 117 Å². The van der Waals surface area contributed by atoms with Gasteiger partial charge in [-0.25, -0.2) is 26.4 Å². The lowest BCUT2D eigenvalue weighted by molar-refractivity contribution is -0.139. The Morgan fingerprint density at radius 1 is 0.440 bits per heavy atom. The molecule has 2 aliphatic heterocycles. The monoisotopic (exact) mass is 1330 g/mol. The minimum Gasteiger partial charge on any atom is -0.492 e. The second kappa shape index (κ2) is 45.7. The van der Waals surface area contributed by atoms with Crippen LogP contribution in [-0.4, -0.2) is 283 Å². The molecule has 37 heteroatoms. The fourth-order valence-electron chi connectivity index (χ4n) is 7.37. The lowest BCUT2D eigenvalue weighted by Crippen LogP contribution is -2.49. The van der Waals surface area contributed by atoms with Crippen LogP contribution in [0.5, 0.6) is 11.5 Å². The van der Waals surface area contributed by atoms with Gasteiger partial charge in [-0.1, -0.05) is 0 Å². The Morgan fingerprint density at radius 2 is 0.758 bits per heavy atom. The summed E-state index contributed by atoms with van der Waals surface area (Å²) < 4.78 is 113. The molecule has 0 saturated carbocycles. The molecule has 0 aliphatic carbocycles. The van der Waals surface area contributed by atoms with Gasteiger partial charge >= 0.3 is 24.1 Å². The normalized spacial score (nSPS) is 13.8. The van der Waals surface area contributed by atoms with E-state index in [0.29, 0.717) is 90.7 Å². The fourth-order valence-corrected chi connectivity index (χ4v) is 9.59. The predicted octanol–water partition coefficient (Wildman–Crippen LogP) is -3.20. The van der Waals surface area contributed by atoms with Crippen LogP contribution in [0.1, 0.15) is 33.6 Å². The molecule has 2 aromatic rings. The Hall–Kier alpha value is -7.46. The number of carboxylic acids is 2. The first-order valence-electron chi connectivity index (χ1n) is 29.4. The second-order valence-electron chi connectivity index (χ2n) is 19.1. The van der Waals surface area contributed by atoms with Crippen LogP contribution in [0.25, 0.3) is 0 Å². The Labute approximate surface area is 527 Å². The molecule has 35 nitrogen and oxygen atoms in total. The number of sulfonamides is 2. The molecule has 4 amide bonds. The lowest BCUT2D eigenvalue weighted by atomic mass is 10.2. The van der Waals surface area contributed by atoms with Crippen LogP contribution in [0.4, 0.5) is 9.59 Å². The number of ether oxygens (including phenoxy) is 11. The summed E-state index contributed by atoms with van der Waals surface area (Å²) in [6, 6.07) is 8.88. The molecule has 2 heterocycles. The van der Waals surface area contributed by atoms with Gasteiger partial charge in [0, 0.05) is 63.5 Å². The zero-order valence-corrected chi connectivity index (χ0v) is 52.2. The maximum atomic E-state index is 12.6. The van der Waals surface area contributed by atoms with E-state index in [-0.39, 0.29) is 77.1 Å². The second-order valence-corrected chi connectivity index (χ2v) is 22.9. The minimum absolute atomic E-state index is 0.0411. The third kappa shape index (κ3) is 36.8. The van der Waals surface area contributed by atoms with E-state index in [2.05, 4.69) is 52.5 Å². The highest BCUT2D eigenvalue weighted by atomic mass is 32.2. The summed E-state index contributed by atoms with van der Waals surface area (Å²) >= 11 is 0. The first-order chi connectivity index (χ1) is 44.0. The van der Waals surface area contributed by atoms with Crippen LogP contribution >= 0.6 is 0 Å². The number of hydrogen-bond acceptors (Lipinski definition) is 27. The lowest BCUT2D eigenvalue weighted by Gasteiger charge is -2.16. The van der Waals surface area contributed by atoms with Crippen molar-refractivity contribution < 1.29 is 108 Å². The predicted molar refractivity (Wildman–Crippen MR) is 326 cm³/mol. The summed E-state index contributed by atoms with van der Waals surface area (Å²) in [6.07, 6.45) is 0.134. The largest absolute Gasteiger partial charge is 0.492 e. The van der Waals surface area contributed by atoms with E-state index in [1.807, 2.05) is 9.44 Å². The Balaban J connectivity index is 0.852. The topological polar surface area (TPSA) is 458 Å². The molecule has 2 aromatic carbocycles. The molecule has 2 aliphatic rings. The van der Waals surface area contributed by atoms with E-state index in [1.54, 1.807) is 24.3 Å². The van der Waals surface area contributed by atoms with Gasteiger partial charge in [-0.2, -0.15) is 9.44 Å². The van der Waals surface area contributed by atoms with Gasteiger partial charge in [-0.3, -0.25) is 29.2 Å². The molecule has 12 N–H and O–H groups in total. The van der Waals surface area contributed by atoms with Gasteiger partial charge in [0.1, 0.15) is 50.0 Å². The quantitative estimate of drug-likeness (QED) is 0.0290. The van der Waals surface area contributed by atoms with Gasteiger partial charge in [0.25, 0.3) is 11.8 Å². The van der Waals surface area contributed by atoms with Crippen molar-refractivity contribution in [3.63, 3.8) is 0 Å². The van der Waals surface area contributed by atoms with E-state index < -0.39 is 92.7 Å². The van der Waals surface area contributed by atoms with E-state index in [9.17, 15) is 55.8 Å². The first-order valence-corrected chi connectivity index (χ1v) is 32.7. The van der Waals surface area contributed by atoms with E-state index in [0.717, 1.165) is 50.9 Å². The van der Waals surface area contributed by atoms with Crippen molar-refractivity contribution in [2.75, 3.05) is 196 Å². The van der Waals surface area contributed by atoms with Crippen molar-refractivity contribution in [2.45, 2.75) is 24.9 Å². The number of carboxylic acid groups (broad SMARTS) is 2. The number of hydrogen-bond donors (Lipinski definition) is 12. The average molecular weight is 1340 g/mol. The maximum Gasteiger partial charge on any atom is 0.407 e. The molecule has 0 bridgehead atoms. The molecule has 91 heavy (non-hydrogen) atoms. The van der Waals surface area contributed by atoms with E-state index >= 15 is 0 Å². The average Bonchev–Trinajstić information content (AvgIpc) is 3.34. The number of alkyl carbamates (subject to hydrolysis) is 2. The minimum atomic E-state index is -4.21. The molecule has 2 atom stereocenters. The number of rotatable bonds is 50. The summed E-state index contributed by atoms with van der Waals surface area (Å²) in [5.74, 6) is -3.18. The van der Waals surface area contributed by atoms with Gasteiger partial charge in [-0.05, 0) is 61.4 Å². The van der Waals surface area contributed by atoms with Gasteiger partial charge in [-0.15, -0.1) is 0 Å². The van der Waals surface area contributed by atoms with Gasteiger partial charge < -0.3 is 105 Å². The van der Waals surface area contributed by atoms with Crippen LogP contribution < -0.4 is 61.5 Å². The molecular weight excluding hydrogens is 1250 g/mol. The smallest absolute Gasteiger partial charge is 0.407 e. The maximum absolute atomic E-state index is 12.6. The fraction of sp³-hybridized carbons (Fsp3) is 0.630. The number of aliphatic carboxylic acids is 2. The van der Waals surface area contributed by atoms with Crippen molar-refractivity contribution in [2.24, 2.45) is 9.98 Å². The summed E-state index contributed by atoms with van der Waals surface area (Å²) in [4.78, 5) is 81.5. The Kier molecular flexibility index (Phi) is 38.2. The molecule has 0 fully saturated rings. The highest BCUT2D eigenvalue weighted by molar-refractivity contribution is 7.89. The van der Waals surface area contributed by atoms with Crippen molar-refractivity contribution >= 4 is 67.9 Å². The zero-order chi connectivity index (χ0) is 65.6. The third-order valence-electron chi connectivity index (χ3n) is 12.0. The van der Waals surface area contributed by atoms with Crippen molar-refractivity contribution in [3.05, 3.63) is 59.7 Å². The van der Waals surface area contributed by atoms with Crippen molar-refractivity contribution in [1.29, 1.82) is 0 Å². The van der Waals surface area contributed by atoms with Crippen LogP contribution in [0.2, 0.25) is 0 Å². The van der Waals surface area contributed by atoms with Gasteiger partial charge in [0.2, 0.25) is 20.0 Å². The van der Waals surface area contributed by atoms with Crippen LogP contribution in [-0.2, 0) is 72.3 Å². The molecule has 0 radical (unpaired) electrons. The van der Waals surface area contributed by atoms with Crippen molar-refractivity contribution in [3.8, 4) is 11.5 Å². The Morgan fingerprint density at radius 3 is 1.05 bits per heavy atom. The number of nitrogens with one attached hydrogen (secondary N) is 10. The first kappa shape index (κ1) is 76.0. The van der Waals surface area contributed by atoms with Crippen LogP contribution in [0.3, 0.4) is 0 Å². The number of carbonyl (C=O) groups is 6. The third-order valence-corrected chi connectivity index (χ3v) is 14.7. The highest BCUT2D eigenvalue weighted by Gasteiger charge is 2.27. The SMILES string of the molecule is O=C(NCCS(=O)(=O)N[C@@H](CNC(=O)c1ccc(OCCNC2=NCCCN2)cc1)C(=O)O)OCCOCCOCCOCCOCCOCCOCCOCCOC(=O)NCCS(=O)(=O)N[C@H](CNC(=O)c1ccc(OCCNC2=NCCCN2)cc1)C(=O)O. The van der Waals surface area contributed by atoms with Crippen LogP contribution in [0.15, 0.2) is 58.5 Å². The van der Waals surface area contributed by atoms with Crippen molar-refractivity contribution in [1.82, 2.24) is 52.0 Å². The molecule has 0 unspecified atom stereocenters. The number of amides is 4. The molecular formula is C54H86N12O23S2. The summed E-state index contributed by atoms with van der Waals surface area (Å²) in [5.41, 5.74) is 0.402. The number of benzene rings is 2. The highest BCUT2D eigenvalue weighted by Crippen LogP contribution is 2.13. The van der Waals surface area contributed by atoms with Gasteiger partial charge in [0.15, 0.2) is 11.9 Å². The van der Waals surface area contributed by atoms with E-state index in [4.69, 9.17) is 52.1 Å². The van der Waals surface area contributed by atoms with E-state index in [1.165, 1.54) is 24.3 Å². The molecule has 0 aromatic heterocycles. The molecule has 0 saturated heterocycles. The van der Waals surface area contributed by atoms with Crippen LogP contribution in [0, 0.1) is 0 Å². The number of guanidine groups is 2. The summed E-state index contributed by atoms with van der Waals surface area (Å²) in [5, 5.41) is 41.0. The number of nitrogens with zero attached hydrogens (tertiary/aromatic N) is 2. The number of carbonyl (C=O) groups excluding carboxylic acids is 4. The summed E-state index contributed by atoms with van der Waals surface area (Å²) in [7, 11) is -8.42. The zero-order valence-electron chi connectivity index (χ0n) is 50.6. The summed E-state index contributed by atoms with van der Waals surface area (Å²) in [6.45, 7) is 6.32. The Bertz CT molecular complexity index is 2570. The molecule has 512 valence electrons. The number of aliphatic imine (C=N–C) groups is 2.